The molecule has 7 nitrogen and oxygen atoms in total. The van der Waals surface area contributed by atoms with Gasteiger partial charge in [0.2, 0.25) is 11.7 Å². The third-order valence-electron chi connectivity index (χ3n) is 4.92. The van der Waals surface area contributed by atoms with E-state index in [1.165, 1.54) is 0 Å². The lowest BCUT2D eigenvalue weighted by molar-refractivity contribution is 0.416. The average molecular weight is 444 g/mol. The number of halogens is 1. The molecule has 0 fully saturated rings. The number of nitrogens with zero attached hydrogens (tertiary/aromatic N) is 4. The van der Waals surface area contributed by atoms with Crippen molar-refractivity contribution < 1.29 is 9.15 Å². The van der Waals surface area contributed by atoms with Gasteiger partial charge in [0.15, 0.2) is 0 Å². The molecule has 8 heteroatoms. The third kappa shape index (κ3) is 3.86. The molecule has 0 atom stereocenters. The van der Waals surface area contributed by atoms with E-state index in [1.54, 1.807) is 19.2 Å². The van der Waals surface area contributed by atoms with Crippen LogP contribution < -0.4 is 10.1 Å². The third-order valence-corrected chi connectivity index (χ3v) is 5.17. The highest BCUT2D eigenvalue weighted by Gasteiger charge is 2.17. The van der Waals surface area contributed by atoms with E-state index in [0.717, 1.165) is 27.7 Å². The first-order chi connectivity index (χ1) is 15.6. The summed E-state index contributed by atoms with van der Waals surface area (Å²) in [6.07, 6.45) is 0. The lowest BCUT2D eigenvalue weighted by Gasteiger charge is -2.13. The molecule has 1 N–H and O–H groups in total. The van der Waals surface area contributed by atoms with Crippen LogP contribution in [0.25, 0.3) is 34.1 Å². The Balaban J connectivity index is 1.59. The standard InChI is InChI=1S/C24H18ClN5O2/c1-14-7-12-20(31-2)19(13-14)27-21-17-5-3-4-6-18(17)26-22(28-21)24-30-29-23(32-24)15-8-10-16(25)11-9-15/h3-13H,1-2H3,(H,26,27,28). The van der Waals surface area contributed by atoms with Crippen LogP contribution in [-0.4, -0.2) is 27.3 Å². The van der Waals surface area contributed by atoms with Crippen molar-refractivity contribution in [3.8, 4) is 28.9 Å². The Labute approximate surface area is 189 Å². The molecule has 158 valence electrons. The molecular formula is C24H18ClN5O2. The van der Waals surface area contributed by atoms with E-state index in [1.807, 2.05) is 61.5 Å². The highest BCUT2D eigenvalue weighted by Crippen LogP contribution is 2.32. The zero-order valence-corrected chi connectivity index (χ0v) is 18.1. The molecule has 0 aliphatic heterocycles. The second-order valence-electron chi connectivity index (χ2n) is 7.16. The van der Waals surface area contributed by atoms with Crippen molar-refractivity contribution in [2.75, 3.05) is 12.4 Å². The average Bonchev–Trinajstić information content (AvgIpc) is 3.30. The Morgan fingerprint density at radius 3 is 2.50 bits per heavy atom. The normalized spacial score (nSPS) is 11.0. The molecule has 0 unspecified atom stereocenters. The molecular weight excluding hydrogens is 426 g/mol. The van der Waals surface area contributed by atoms with E-state index in [2.05, 4.69) is 20.5 Å². The number of aryl methyl sites for hydroxylation is 1. The van der Waals surface area contributed by atoms with Gasteiger partial charge in [0, 0.05) is 16.0 Å². The van der Waals surface area contributed by atoms with Crippen LogP contribution in [0.2, 0.25) is 5.02 Å². The van der Waals surface area contributed by atoms with Crippen molar-refractivity contribution in [1.82, 2.24) is 20.2 Å². The molecule has 0 radical (unpaired) electrons. The van der Waals surface area contributed by atoms with Crippen LogP contribution in [0.4, 0.5) is 11.5 Å². The second-order valence-corrected chi connectivity index (χ2v) is 7.60. The molecule has 0 amide bonds. The molecule has 0 spiro atoms. The molecule has 32 heavy (non-hydrogen) atoms. The van der Waals surface area contributed by atoms with Gasteiger partial charge in [-0.1, -0.05) is 29.8 Å². The first-order valence-electron chi connectivity index (χ1n) is 9.89. The highest BCUT2D eigenvalue weighted by atomic mass is 35.5. The first kappa shape index (κ1) is 20.0. The van der Waals surface area contributed by atoms with Gasteiger partial charge in [-0.05, 0) is 61.0 Å². The van der Waals surface area contributed by atoms with Gasteiger partial charge in [-0.2, -0.15) is 0 Å². The largest absolute Gasteiger partial charge is 0.495 e. The van der Waals surface area contributed by atoms with Gasteiger partial charge in [0.25, 0.3) is 5.89 Å². The Bertz CT molecular complexity index is 1420. The molecule has 0 saturated heterocycles. The molecule has 0 aliphatic rings. The fraction of sp³-hybridized carbons (Fsp3) is 0.0833. The summed E-state index contributed by atoms with van der Waals surface area (Å²) in [7, 11) is 1.64. The van der Waals surface area contributed by atoms with Crippen LogP contribution in [-0.2, 0) is 0 Å². The van der Waals surface area contributed by atoms with E-state index in [-0.39, 0.29) is 5.89 Å². The Hall–Kier alpha value is -3.97. The van der Waals surface area contributed by atoms with Crippen molar-refractivity contribution in [3.05, 3.63) is 77.3 Å². The quantitative estimate of drug-likeness (QED) is 0.353. The SMILES string of the molecule is COc1ccc(C)cc1Nc1nc(-c2nnc(-c3ccc(Cl)cc3)o2)nc2ccccc12. The Morgan fingerprint density at radius 2 is 1.69 bits per heavy atom. The Morgan fingerprint density at radius 1 is 0.906 bits per heavy atom. The van der Waals surface area contributed by atoms with Gasteiger partial charge in [-0.25, -0.2) is 9.97 Å². The summed E-state index contributed by atoms with van der Waals surface area (Å²) in [5.41, 5.74) is 3.40. The summed E-state index contributed by atoms with van der Waals surface area (Å²) in [6.45, 7) is 2.02. The minimum atomic E-state index is 0.222. The predicted octanol–water partition coefficient (Wildman–Crippen LogP) is 6.06. The number of nitrogens with one attached hydrogen (secondary N) is 1. The van der Waals surface area contributed by atoms with Crippen molar-refractivity contribution in [1.29, 1.82) is 0 Å². The van der Waals surface area contributed by atoms with Crippen LogP contribution in [0.15, 0.2) is 71.1 Å². The van der Waals surface area contributed by atoms with Gasteiger partial charge >= 0.3 is 0 Å². The molecule has 2 aromatic heterocycles. The predicted molar refractivity (Wildman–Crippen MR) is 124 cm³/mol. The minimum Gasteiger partial charge on any atom is -0.495 e. The maximum atomic E-state index is 5.97. The number of ether oxygens (including phenoxy) is 1. The number of aromatic nitrogens is 4. The molecule has 5 rings (SSSR count). The number of rotatable bonds is 5. The fourth-order valence-electron chi connectivity index (χ4n) is 3.34. The number of hydrogen-bond donors (Lipinski definition) is 1. The molecule has 0 bridgehead atoms. The van der Waals surface area contributed by atoms with Gasteiger partial charge in [0.05, 0.1) is 18.3 Å². The monoisotopic (exact) mass is 443 g/mol. The summed E-state index contributed by atoms with van der Waals surface area (Å²) in [4.78, 5) is 9.33. The number of fused-ring (bicyclic) bond motifs is 1. The maximum Gasteiger partial charge on any atom is 0.286 e. The second kappa shape index (κ2) is 8.28. The first-order valence-corrected chi connectivity index (χ1v) is 10.3. The van der Waals surface area contributed by atoms with Gasteiger partial charge in [-0.15, -0.1) is 10.2 Å². The van der Waals surface area contributed by atoms with E-state index in [9.17, 15) is 0 Å². The van der Waals surface area contributed by atoms with Crippen molar-refractivity contribution in [3.63, 3.8) is 0 Å². The fourth-order valence-corrected chi connectivity index (χ4v) is 3.46. The summed E-state index contributed by atoms with van der Waals surface area (Å²) in [5.74, 6) is 2.23. The number of benzene rings is 3. The molecule has 0 aliphatic carbocycles. The van der Waals surface area contributed by atoms with Crippen LogP contribution in [0.1, 0.15) is 5.56 Å². The molecule has 3 aromatic carbocycles. The summed E-state index contributed by atoms with van der Waals surface area (Å²) in [5, 5.41) is 13.2. The van der Waals surface area contributed by atoms with E-state index >= 15 is 0 Å². The van der Waals surface area contributed by atoms with E-state index in [0.29, 0.717) is 28.3 Å². The summed E-state index contributed by atoms with van der Waals surface area (Å²) < 4.78 is 11.4. The maximum absolute atomic E-state index is 5.97. The lowest BCUT2D eigenvalue weighted by Crippen LogP contribution is -2.01. The van der Waals surface area contributed by atoms with E-state index in [4.69, 9.17) is 25.7 Å². The van der Waals surface area contributed by atoms with Gasteiger partial charge < -0.3 is 14.5 Å². The summed E-state index contributed by atoms with van der Waals surface area (Å²) >= 11 is 5.97. The Kier molecular flexibility index (Phi) is 5.17. The smallest absolute Gasteiger partial charge is 0.286 e. The number of anilines is 2. The van der Waals surface area contributed by atoms with Crippen LogP contribution in [0, 0.1) is 6.92 Å². The number of para-hydroxylation sites is 1. The van der Waals surface area contributed by atoms with Crippen LogP contribution in [0.5, 0.6) is 5.75 Å². The van der Waals surface area contributed by atoms with Crippen molar-refractivity contribution >= 4 is 34.0 Å². The number of methoxy groups -OCH3 is 1. The molecule has 0 saturated carbocycles. The zero-order chi connectivity index (χ0) is 22.1. The zero-order valence-electron chi connectivity index (χ0n) is 17.3. The molecule has 5 aromatic rings. The summed E-state index contributed by atoms with van der Waals surface area (Å²) in [6, 6.07) is 20.8. The lowest BCUT2D eigenvalue weighted by atomic mass is 10.2. The number of hydrogen-bond acceptors (Lipinski definition) is 7. The van der Waals surface area contributed by atoms with Crippen molar-refractivity contribution in [2.24, 2.45) is 0 Å². The minimum absolute atomic E-state index is 0.222. The highest BCUT2D eigenvalue weighted by molar-refractivity contribution is 6.30. The van der Waals surface area contributed by atoms with Crippen LogP contribution >= 0.6 is 11.6 Å². The topological polar surface area (TPSA) is 86.0 Å². The van der Waals surface area contributed by atoms with Gasteiger partial charge in [-0.3, -0.25) is 0 Å². The van der Waals surface area contributed by atoms with Crippen molar-refractivity contribution in [2.45, 2.75) is 6.92 Å². The van der Waals surface area contributed by atoms with E-state index < -0.39 is 0 Å². The molecule has 2 heterocycles. The van der Waals surface area contributed by atoms with Gasteiger partial charge in [0.1, 0.15) is 11.6 Å². The van der Waals surface area contributed by atoms with Crippen LogP contribution in [0.3, 0.4) is 0 Å².